The van der Waals surface area contributed by atoms with Crippen molar-refractivity contribution in [3.8, 4) is 0 Å². The zero-order valence-corrected chi connectivity index (χ0v) is 10.9. The third kappa shape index (κ3) is 3.33. The lowest BCUT2D eigenvalue weighted by Crippen LogP contribution is -2.53. The second-order valence-electron chi connectivity index (χ2n) is 5.05. The molecule has 1 saturated heterocycles. The van der Waals surface area contributed by atoms with E-state index in [1.54, 1.807) is 4.90 Å². The SMILES string of the molecule is CCCCc1ccc(CC(=O)N2CC(O)C2)cc1. The average molecular weight is 247 g/mol. The Bertz CT molecular complexity index is 393. The van der Waals surface area contributed by atoms with E-state index in [1.165, 1.54) is 18.4 Å². The van der Waals surface area contributed by atoms with Gasteiger partial charge in [-0.3, -0.25) is 4.79 Å². The van der Waals surface area contributed by atoms with Crippen LogP contribution >= 0.6 is 0 Å². The monoisotopic (exact) mass is 247 g/mol. The van der Waals surface area contributed by atoms with E-state index in [-0.39, 0.29) is 12.0 Å². The Balaban J connectivity index is 1.84. The molecule has 1 aromatic rings. The van der Waals surface area contributed by atoms with Crippen molar-refractivity contribution < 1.29 is 9.90 Å². The number of carbonyl (C=O) groups excluding carboxylic acids is 1. The summed E-state index contributed by atoms with van der Waals surface area (Å²) in [6.07, 6.45) is 3.66. The third-order valence-electron chi connectivity index (χ3n) is 3.41. The normalized spacial score (nSPS) is 15.6. The summed E-state index contributed by atoms with van der Waals surface area (Å²) < 4.78 is 0. The summed E-state index contributed by atoms with van der Waals surface area (Å²) in [7, 11) is 0. The molecular weight excluding hydrogens is 226 g/mol. The first-order valence-corrected chi connectivity index (χ1v) is 6.72. The van der Waals surface area contributed by atoms with Gasteiger partial charge in [0.2, 0.25) is 5.91 Å². The Morgan fingerprint density at radius 1 is 1.28 bits per heavy atom. The number of unbranched alkanes of at least 4 members (excludes halogenated alkanes) is 1. The van der Waals surface area contributed by atoms with E-state index < -0.39 is 0 Å². The van der Waals surface area contributed by atoms with Gasteiger partial charge in [-0.05, 0) is 24.0 Å². The molecule has 0 unspecified atom stereocenters. The van der Waals surface area contributed by atoms with Crippen molar-refractivity contribution in [3.63, 3.8) is 0 Å². The summed E-state index contributed by atoms with van der Waals surface area (Å²) in [4.78, 5) is 13.5. The van der Waals surface area contributed by atoms with Crippen molar-refractivity contribution in [3.05, 3.63) is 35.4 Å². The highest BCUT2D eigenvalue weighted by Crippen LogP contribution is 2.12. The summed E-state index contributed by atoms with van der Waals surface area (Å²) in [5, 5.41) is 9.16. The minimum atomic E-state index is -0.314. The number of aliphatic hydroxyl groups excluding tert-OH is 1. The van der Waals surface area contributed by atoms with Gasteiger partial charge >= 0.3 is 0 Å². The summed E-state index contributed by atoms with van der Waals surface area (Å²) in [6.45, 7) is 3.18. The van der Waals surface area contributed by atoms with Gasteiger partial charge in [0, 0.05) is 13.1 Å². The first-order chi connectivity index (χ1) is 8.69. The zero-order chi connectivity index (χ0) is 13.0. The standard InChI is InChI=1S/C15H21NO2/c1-2-3-4-12-5-7-13(8-6-12)9-15(18)16-10-14(17)11-16/h5-8,14,17H,2-4,9-11H2,1H3. The number of carbonyl (C=O) groups is 1. The van der Waals surface area contributed by atoms with Crippen molar-refractivity contribution in [1.82, 2.24) is 4.90 Å². The van der Waals surface area contributed by atoms with Crippen LogP contribution in [0.4, 0.5) is 0 Å². The van der Waals surface area contributed by atoms with E-state index in [2.05, 4.69) is 19.1 Å². The molecule has 1 aromatic carbocycles. The first-order valence-electron chi connectivity index (χ1n) is 6.72. The van der Waals surface area contributed by atoms with Crippen molar-refractivity contribution in [1.29, 1.82) is 0 Å². The molecule has 1 aliphatic rings. The highest BCUT2D eigenvalue weighted by atomic mass is 16.3. The quantitative estimate of drug-likeness (QED) is 0.861. The molecule has 18 heavy (non-hydrogen) atoms. The van der Waals surface area contributed by atoms with Crippen LogP contribution in [0.1, 0.15) is 30.9 Å². The van der Waals surface area contributed by atoms with E-state index in [4.69, 9.17) is 5.11 Å². The van der Waals surface area contributed by atoms with E-state index in [9.17, 15) is 4.79 Å². The van der Waals surface area contributed by atoms with E-state index in [0.29, 0.717) is 19.5 Å². The summed E-state index contributed by atoms with van der Waals surface area (Å²) >= 11 is 0. The molecule has 1 N–H and O–H groups in total. The van der Waals surface area contributed by atoms with Gasteiger partial charge in [-0.15, -0.1) is 0 Å². The second-order valence-corrected chi connectivity index (χ2v) is 5.05. The van der Waals surface area contributed by atoms with Crippen LogP contribution in [0.2, 0.25) is 0 Å². The number of amides is 1. The van der Waals surface area contributed by atoms with Gasteiger partial charge in [0.1, 0.15) is 0 Å². The number of nitrogens with zero attached hydrogens (tertiary/aromatic N) is 1. The fourth-order valence-electron chi connectivity index (χ4n) is 2.15. The van der Waals surface area contributed by atoms with Crippen molar-refractivity contribution in [2.45, 2.75) is 38.7 Å². The Kier molecular flexibility index (Phi) is 4.37. The van der Waals surface area contributed by atoms with Crippen molar-refractivity contribution >= 4 is 5.91 Å². The molecule has 0 spiro atoms. The van der Waals surface area contributed by atoms with Crippen LogP contribution in [0.5, 0.6) is 0 Å². The highest BCUT2D eigenvalue weighted by Gasteiger charge is 2.28. The molecule has 3 nitrogen and oxygen atoms in total. The maximum Gasteiger partial charge on any atom is 0.227 e. The molecule has 0 bridgehead atoms. The predicted molar refractivity (Wildman–Crippen MR) is 71.3 cm³/mol. The Hall–Kier alpha value is -1.35. The third-order valence-corrected chi connectivity index (χ3v) is 3.41. The van der Waals surface area contributed by atoms with Gasteiger partial charge in [-0.2, -0.15) is 0 Å². The number of rotatable bonds is 5. The maximum atomic E-state index is 11.8. The topological polar surface area (TPSA) is 40.5 Å². The number of hydrogen-bond donors (Lipinski definition) is 1. The summed E-state index contributed by atoms with van der Waals surface area (Å²) in [5.74, 6) is 0.113. The molecule has 1 heterocycles. The van der Waals surface area contributed by atoms with Gasteiger partial charge in [0.25, 0.3) is 0 Å². The van der Waals surface area contributed by atoms with Gasteiger partial charge in [-0.1, -0.05) is 37.6 Å². The van der Waals surface area contributed by atoms with Gasteiger partial charge < -0.3 is 10.0 Å². The summed E-state index contributed by atoms with van der Waals surface area (Å²) in [6, 6.07) is 8.31. The van der Waals surface area contributed by atoms with Crippen LogP contribution in [-0.2, 0) is 17.6 Å². The molecule has 1 aliphatic heterocycles. The van der Waals surface area contributed by atoms with Gasteiger partial charge in [0.05, 0.1) is 12.5 Å². The van der Waals surface area contributed by atoms with Crippen LogP contribution in [-0.4, -0.2) is 35.1 Å². The first kappa shape index (κ1) is 13.1. The molecule has 1 amide bonds. The number of aliphatic hydroxyl groups is 1. The van der Waals surface area contributed by atoms with Crippen LogP contribution < -0.4 is 0 Å². The number of aryl methyl sites for hydroxylation is 1. The number of β-amino-alcohol motifs (C(OH)–C–C–N with tert-alkyl or cyclic N) is 1. The minimum Gasteiger partial charge on any atom is -0.389 e. The second kappa shape index (κ2) is 6.01. The Morgan fingerprint density at radius 2 is 1.89 bits per heavy atom. The summed E-state index contributed by atoms with van der Waals surface area (Å²) in [5.41, 5.74) is 2.40. The van der Waals surface area contributed by atoms with Crippen LogP contribution in [0, 0.1) is 0 Å². The van der Waals surface area contributed by atoms with Crippen molar-refractivity contribution in [2.75, 3.05) is 13.1 Å². The fourth-order valence-corrected chi connectivity index (χ4v) is 2.15. The molecule has 0 atom stereocenters. The molecule has 0 aliphatic carbocycles. The molecule has 98 valence electrons. The van der Waals surface area contributed by atoms with Crippen molar-refractivity contribution in [2.24, 2.45) is 0 Å². The molecular formula is C15H21NO2. The highest BCUT2D eigenvalue weighted by molar-refractivity contribution is 5.79. The van der Waals surface area contributed by atoms with Gasteiger partial charge in [0.15, 0.2) is 0 Å². The smallest absolute Gasteiger partial charge is 0.227 e. The Labute approximate surface area is 108 Å². The Morgan fingerprint density at radius 3 is 2.44 bits per heavy atom. The number of likely N-dealkylation sites (tertiary alicyclic amines) is 1. The maximum absolute atomic E-state index is 11.8. The number of benzene rings is 1. The fraction of sp³-hybridized carbons (Fsp3) is 0.533. The molecule has 3 heteroatoms. The predicted octanol–water partition coefficient (Wildman–Crippen LogP) is 1.77. The lowest BCUT2D eigenvalue weighted by atomic mass is 10.0. The molecule has 0 radical (unpaired) electrons. The van der Waals surface area contributed by atoms with Crippen LogP contribution in [0.3, 0.4) is 0 Å². The molecule has 1 fully saturated rings. The lowest BCUT2D eigenvalue weighted by molar-refractivity contribution is -0.140. The molecule has 0 saturated carbocycles. The largest absolute Gasteiger partial charge is 0.389 e. The zero-order valence-electron chi connectivity index (χ0n) is 10.9. The van der Waals surface area contributed by atoms with E-state index >= 15 is 0 Å². The molecule has 2 rings (SSSR count). The average Bonchev–Trinajstić information content (AvgIpc) is 2.34. The van der Waals surface area contributed by atoms with E-state index in [1.807, 2.05) is 12.1 Å². The number of hydrogen-bond acceptors (Lipinski definition) is 2. The minimum absolute atomic E-state index is 0.113. The van der Waals surface area contributed by atoms with Gasteiger partial charge in [-0.25, -0.2) is 0 Å². The van der Waals surface area contributed by atoms with Crippen LogP contribution in [0.15, 0.2) is 24.3 Å². The molecule has 0 aromatic heterocycles. The van der Waals surface area contributed by atoms with Crippen LogP contribution in [0.25, 0.3) is 0 Å². The van der Waals surface area contributed by atoms with E-state index in [0.717, 1.165) is 12.0 Å². The lowest BCUT2D eigenvalue weighted by Gasteiger charge is -2.35.